The summed E-state index contributed by atoms with van der Waals surface area (Å²) in [5.41, 5.74) is 0.586. The smallest absolute Gasteiger partial charge is 0.207 e. The van der Waals surface area contributed by atoms with Gasteiger partial charge in [-0.1, -0.05) is 18.9 Å². The van der Waals surface area contributed by atoms with E-state index in [0.717, 1.165) is 38.5 Å². The Morgan fingerprint density at radius 3 is 1.72 bits per heavy atom. The van der Waals surface area contributed by atoms with Crippen molar-refractivity contribution in [3.8, 4) is 0 Å². The standard InChI is InChI=1S/C17H26N2O4S2/c1-15-8-9-16(24(20,21)18-10-4-2-5-11-18)14-17(15)25(22,23)19-12-6-3-7-13-19/h8-9,14H,2-7,10-13H2,1H3. The van der Waals surface area contributed by atoms with Crippen molar-refractivity contribution in [1.29, 1.82) is 0 Å². The van der Waals surface area contributed by atoms with E-state index in [0.29, 0.717) is 31.7 Å². The van der Waals surface area contributed by atoms with Crippen LogP contribution in [0.25, 0.3) is 0 Å². The van der Waals surface area contributed by atoms with Crippen molar-refractivity contribution in [1.82, 2.24) is 8.61 Å². The summed E-state index contributed by atoms with van der Waals surface area (Å²) in [4.78, 5) is 0.197. The number of rotatable bonds is 4. The van der Waals surface area contributed by atoms with Crippen LogP contribution in [-0.4, -0.2) is 51.6 Å². The highest BCUT2D eigenvalue weighted by atomic mass is 32.2. The second-order valence-corrected chi connectivity index (χ2v) is 10.7. The van der Waals surface area contributed by atoms with Crippen molar-refractivity contribution in [2.24, 2.45) is 0 Å². The summed E-state index contributed by atoms with van der Waals surface area (Å²) in [6.07, 6.45) is 5.48. The average Bonchev–Trinajstić information content (AvgIpc) is 2.63. The van der Waals surface area contributed by atoms with Gasteiger partial charge in [0, 0.05) is 26.2 Å². The lowest BCUT2D eigenvalue weighted by atomic mass is 10.2. The highest BCUT2D eigenvalue weighted by molar-refractivity contribution is 7.90. The molecule has 0 spiro atoms. The second-order valence-electron chi connectivity index (χ2n) is 6.86. The molecule has 2 fully saturated rings. The molecule has 8 heteroatoms. The predicted octanol–water partition coefficient (Wildman–Crippen LogP) is 2.34. The van der Waals surface area contributed by atoms with Gasteiger partial charge in [-0.3, -0.25) is 0 Å². The number of hydrogen-bond acceptors (Lipinski definition) is 4. The van der Waals surface area contributed by atoms with Crippen molar-refractivity contribution in [2.75, 3.05) is 26.2 Å². The van der Waals surface area contributed by atoms with Crippen LogP contribution in [0, 0.1) is 6.92 Å². The predicted molar refractivity (Wildman–Crippen MR) is 96.4 cm³/mol. The van der Waals surface area contributed by atoms with Crippen LogP contribution in [0.4, 0.5) is 0 Å². The minimum atomic E-state index is -3.66. The average molecular weight is 387 g/mol. The van der Waals surface area contributed by atoms with Crippen LogP contribution in [0.15, 0.2) is 28.0 Å². The Balaban J connectivity index is 1.98. The van der Waals surface area contributed by atoms with E-state index in [1.807, 2.05) is 0 Å². The van der Waals surface area contributed by atoms with Crippen molar-refractivity contribution >= 4 is 20.0 Å². The summed E-state index contributed by atoms with van der Waals surface area (Å²) in [6, 6.07) is 4.48. The van der Waals surface area contributed by atoms with Crippen molar-refractivity contribution in [3.63, 3.8) is 0 Å². The van der Waals surface area contributed by atoms with Crippen LogP contribution >= 0.6 is 0 Å². The molecule has 3 rings (SSSR count). The van der Waals surface area contributed by atoms with Crippen molar-refractivity contribution < 1.29 is 16.8 Å². The van der Waals surface area contributed by atoms with E-state index in [9.17, 15) is 16.8 Å². The summed E-state index contributed by atoms with van der Waals surface area (Å²) in [5, 5.41) is 0. The zero-order valence-electron chi connectivity index (χ0n) is 14.6. The third-order valence-electron chi connectivity index (χ3n) is 5.05. The van der Waals surface area contributed by atoms with E-state index in [4.69, 9.17) is 0 Å². The Morgan fingerprint density at radius 2 is 1.20 bits per heavy atom. The number of nitrogens with zero attached hydrogens (tertiary/aromatic N) is 2. The highest BCUT2D eigenvalue weighted by Crippen LogP contribution is 2.28. The molecule has 2 heterocycles. The van der Waals surface area contributed by atoms with Gasteiger partial charge in [0.2, 0.25) is 20.0 Å². The molecule has 0 radical (unpaired) electrons. The lowest BCUT2D eigenvalue weighted by Crippen LogP contribution is -2.37. The van der Waals surface area contributed by atoms with Gasteiger partial charge in [-0.05, 0) is 50.3 Å². The molecule has 1 aromatic carbocycles. The molecule has 2 aliphatic rings. The quantitative estimate of drug-likeness (QED) is 0.796. The number of aryl methyl sites for hydroxylation is 1. The van der Waals surface area contributed by atoms with Gasteiger partial charge in [-0.2, -0.15) is 8.61 Å². The lowest BCUT2D eigenvalue weighted by molar-refractivity contribution is 0.345. The Bertz CT molecular complexity index is 822. The fraction of sp³-hybridized carbons (Fsp3) is 0.647. The Hall–Kier alpha value is -0.960. The largest absolute Gasteiger partial charge is 0.243 e. The summed E-state index contributed by atoms with van der Waals surface area (Å²) in [7, 11) is -7.30. The minimum absolute atomic E-state index is 0.0792. The molecular weight excluding hydrogens is 360 g/mol. The van der Waals surface area contributed by atoms with Gasteiger partial charge >= 0.3 is 0 Å². The molecule has 140 valence electrons. The molecule has 2 saturated heterocycles. The Labute approximate surface area is 150 Å². The summed E-state index contributed by atoms with van der Waals surface area (Å²) >= 11 is 0. The molecule has 0 N–H and O–H groups in total. The molecular formula is C17H26N2O4S2. The van der Waals surface area contributed by atoms with Gasteiger partial charge in [-0.15, -0.1) is 0 Å². The van der Waals surface area contributed by atoms with Gasteiger partial charge < -0.3 is 0 Å². The molecule has 2 aliphatic heterocycles. The lowest BCUT2D eigenvalue weighted by Gasteiger charge is -2.28. The Morgan fingerprint density at radius 1 is 0.720 bits per heavy atom. The normalized spacial score (nSPS) is 21.3. The first-order valence-corrected chi connectivity index (χ1v) is 11.8. The van der Waals surface area contributed by atoms with Gasteiger partial charge in [-0.25, -0.2) is 16.8 Å². The summed E-state index contributed by atoms with van der Waals surface area (Å²) in [6.45, 7) is 3.73. The number of benzene rings is 1. The van der Waals surface area contributed by atoms with Crippen molar-refractivity contribution in [3.05, 3.63) is 23.8 Å². The zero-order chi connectivity index (χ0) is 18.1. The number of sulfonamides is 2. The fourth-order valence-electron chi connectivity index (χ4n) is 3.52. The third kappa shape index (κ3) is 3.77. The van der Waals surface area contributed by atoms with E-state index in [2.05, 4.69) is 0 Å². The molecule has 0 aromatic heterocycles. The molecule has 0 bridgehead atoms. The third-order valence-corrected chi connectivity index (χ3v) is 8.98. The SMILES string of the molecule is Cc1ccc(S(=O)(=O)N2CCCCC2)cc1S(=O)(=O)N1CCCCC1. The number of hydrogen-bond donors (Lipinski definition) is 0. The van der Waals surface area contributed by atoms with Gasteiger partial charge in [0.1, 0.15) is 0 Å². The van der Waals surface area contributed by atoms with Gasteiger partial charge in [0.15, 0.2) is 0 Å². The molecule has 6 nitrogen and oxygen atoms in total. The van der Waals surface area contributed by atoms with E-state index in [1.165, 1.54) is 20.7 Å². The molecule has 0 atom stereocenters. The van der Waals surface area contributed by atoms with Gasteiger partial charge in [0.25, 0.3) is 0 Å². The first-order valence-electron chi connectivity index (χ1n) is 8.94. The molecule has 0 saturated carbocycles. The van der Waals surface area contributed by atoms with E-state index in [1.54, 1.807) is 13.0 Å². The van der Waals surface area contributed by atoms with Crippen LogP contribution < -0.4 is 0 Å². The second kappa shape index (κ2) is 7.34. The minimum Gasteiger partial charge on any atom is -0.207 e. The highest BCUT2D eigenvalue weighted by Gasteiger charge is 2.31. The summed E-state index contributed by atoms with van der Waals surface area (Å²) < 4.78 is 54.7. The van der Waals surface area contributed by atoms with E-state index < -0.39 is 20.0 Å². The van der Waals surface area contributed by atoms with Crippen LogP contribution in [0.2, 0.25) is 0 Å². The number of piperidine rings is 2. The monoisotopic (exact) mass is 386 g/mol. The zero-order valence-corrected chi connectivity index (χ0v) is 16.3. The van der Waals surface area contributed by atoms with E-state index in [-0.39, 0.29) is 9.79 Å². The molecule has 1 aromatic rings. The summed E-state index contributed by atoms with van der Waals surface area (Å²) in [5.74, 6) is 0. The molecule has 25 heavy (non-hydrogen) atoms. The van der Waals surface area contributed by atoms with Crippen LogP contribution in [0.5, 0.6) is 0 Å². The van der Waals surface area contributed by atoms with Crippen LogP contribution in [0.3, 0.4) is 0 Å². The van der Waals surface area contributed by atoms with Crippen LogP contribution in [0.1, 0.15) is 44.1 Å². The van der Waals surface area contributed by atoms with Crippen LogP contribution in [-0.2, 0) is 20.0 Å². The first kappa shape index (κ1) is 18.8. The molecule has 0 aliphatic carbocycles. The maximum Gasteiger partial charge on any atom is 0.243 e. The topological polar surface area (TPSA) is 74.8 Å². The molecule has 0 unspecified atom stereocenters. The van der Waals surface area contributed by atoms with Crippen molar-refractivity contribution in [2.45, 2.75) is 55.2 Å². The molecule has 0 amide bonds. The van der Waals surface area contributed by atoms with E-state index >= 15 is 0 Å². The first-order chi connectivity index (χ1) is 11.8. The Kier molecular flexibility index (Phi) is 5.53. The van der Waals surface area contributed by atoms with Gasteiger partial charge in [0.05, 0.1) is 9.79 Å². The fourth-order valence-corrected chi connectivity index (χ4v) is 6.90. The maximum atomic E-state index is 13.0. The maximum absolute atomic E-state index is 13.0.